The molecule has 0 saturated carbocycles. The van der Waals surface area contributed by atoms with Gasteiger partial charge in [0.1, 0.15) is 0 Å². The Kier molecular flexibility index (Phi) is 7.19. The number of rotatable bonds is 4. The third-order valence-corrected chi connectivity index (χ3v) is 5.36. The minimum atomic E-state index is -0.250. The van der Waals surface area contributed by atoms with Gasteiger partial charge in [0.15, 0.2) is 11.6 Å². The van der Waals surface area contributed by atoms with E-state index in [4.69, 9.17) is 14.9 Å². The molecular formula is C23H27N5O4. The summed E-state index contributed by atoms with van der Waals surface area (Å²) in [5.41, 5.74) is 1.99. The molecule has 0 fully saturated rings. The number of H-pyrrole nitrogens is 1. The molecule has 0 unspecified atom stereocenters. The van der Waals surface area contributed by atoms with Gasteiger partial charge in [0.05, 0.1) is 18.2 Å². The van der Waals surface area contributed by atoms with Crippen molar-refractivity contribution in [1.82, 2.24) is 24.6 Å². The molecule has 0 aliphatic carbocycles. The highest BCUT2D eigenvalue weighted by molar-refractivity contribution is 5.95. The second-order valence-corrected chi connectivity index (χ2v) is 7.74. The van der Waals surface area contributed by atoms with E-state index in [-0.39, 0.29) is 29.9 Å². The maximum Gasteiger partial charge on any atom is 0.290 e. The maximum atomic E-state index is 13.4. The highest BCUT2D eigenvalue weighted by Crippen LogP contribution is 2.33. The Morgan fingerprint density at radius 3 is 2.53 bits per heavy atom. The Morgan fingerprint density at radius 2 is 1.91 bits per heavy atom. The fourth-order valence-electron chi connectivity index (χ4n) is 3.97. The molecule has 4 rings (SSSR count). The van der Waals surface area contributed by atoms with Crippen LogP contribution < -0.4 is 5.56 Å². The number of nitrogens with zero attached hydrogens (tertiary/aromatic N) is 4. The molecular weight excluding hydrogens is 410 g/mol. The van der Waals surface area contributed by atoms with Gasteiger partial charge in [-0.1, -0.05) is 51.1 Å². The van der Waals surface area contributed by atoms with Gasteiger partial charge >= 0.3 is 0 Å². The molecule has 2 N–H and O–H groups in total. The molecule has 0 spiro atoms. The number of carbonyl (C=O) groups is 2. The SMILES string of the molecule is CCc1[nH]c(=O)ccc1C(=O)N1CCn2nc(-c3ccccc3)nc2[C@@H]1C(C)C.O=CO. The third kappa shape index (κ3) is 4.61. The molecule has 9 nitrogen and oxygen atoms in total. The van der Waals surface area contributed by atoms with Gasteiger partial charge in [-0.2, -0.15) is 5.10 Å². The van der Waals surface area contributed by atoms with E-state index in [0.717, 1.165) is 11.4 Å². The van der Waals surface area contributed by atoms with Crippen molar-refractivity contribution in [1.29, 1.82) is 0 Å². The number of fused-ring (bicyclic) bond motifs is 1. The first-order chi connectivity index (χ1) is 15.4. The monoisotopic (exact) mass is 437 g/mol. The van der Waals surface area contributed by atoms with Crippen LogP contribution in [0, 0.1) is 5.92 Å². The minimum Gasteiger partial charge on any atom is -0.483 e. The van der Waals surface area contributed by atoms with Crippen LogP contribution in [0.3, 0.4) is 0 Å². The quantitative estimate of drug-likeness (QED) is 0.606. The van der Waals surface area contributed by atoms with Crippen molar-refractivity contribution in [3.63, 3.8) is 0 Å². The summed E-state index contributed by atoms with van der Waals surface area (Å²) in [6.45, 7) is 7.00. The third-order valence-electron chi connectivity index (χ3n) is 5.36. The lowest BCUT2D eigenvalue weighted by Crippen LogP contribution is -2.45. The molecule has 0 radical (unpaired) electrons. The summed E-state index contributed by atoms with van der Waals surface area (Å²) in [5, 5.41) is 11.6. The van der Waals surface area contributed by atoms with Crippen molar-refractivity contribution in [2.24, 2.45) is 5.92 Å². The lowest BCUT2D eigenvalue weighted by Gasteiger charge is -2.37. The first-order valence-electron chi connectivity index (χ1n) is 10.5. The lowest BCUT2D eigenvalue weighted by molar-refractivity contribution is -0.122. The number of aromatic nitrogens is 4. The number of pyridine rings is 1. The van der Waals surface area contributed by atoms with Gasteiger partial charge in [0, 0.05) is 23.9 Å². The Bertz CT molecular complexity index is 1140. The van der Waals surface area contributed by atoms with Crippen LogP contribution in [0.15, 0.2) is 47.3 Å². The van der Waals surface area contributed by atoms with Crippen LogP contribution in [-0.2, 0) is 17.8 Å². The van der Waals surface area contributed by atoms with E-state index in [1.165, 1.54) is 6.07 Å². The molecule has 32 heavy (non-hydrogen) atoms. The molecule has 1 amide bonds. The molecule has 9 heteroatoms. The Balaban J connectivity index is 0.000000913. The summed E-state index contributed by atoms with van der Waals surface area (Å²) in [5.74, 6) is 1.57. The summed E-state index contributed by atoms with van der Waals surface area (Å²) in [6.07, 6.45) is 0.589. The van der Waals surface area contributed by atoms with E-state index in [0.29, 0.717) is 36.6 Å². The molecule has 1 aliphatic heterocycles. The number of aromatic amines is 1. The van der Waals surface area contributed by atoms with Crippen molar-refractivity contribution in [2.75, 3.05) is 6.54 Å². The number of amides is 1. The van der Waals surface area contributed by atoms with E-state index >= 15 is 0 Å². The van der Waals surface area contributed by atoms with Gasteiger partial charge in [-0.3, -0.25) is 14.4 Å². The number of hydrogen-bond acceptors (Lipinski definition) is 5. The number of nitrogens with one attached hydrogen (secondary N) is 1. The fraction of sp³-hybridized carbons (Fsp3) is 0.348. The molecule has 3 heterocycles. The summed E-state index contributed by atoms with van der Waals surface area (Å²) in [6, 6.07) is 12.7. The van der Waals surface area contributed by atoms with Crippen LogP contribution in [0.4, 0.5) is 0 Å². The Labute approximate surface area is 185 Å². The highest BCUT2D eigenvalue weighted by Gasteiger charge is 2.36. The standard InChI is InChI=1S/C22H25N5O2.CH2O2/c1-4-17-16(10-11-18(28)23-17)22(29)26-12-13-27-21(19(26)14(2)3)24-20(25-27)15-8-6-5-7-9-15;2-1-3/h5-11,14,19H,4,12-13H2,1-3H3,(H,23,28);1H,(H,2,3)/t19-;/m0./s1. The van der Waals surface area contributed by atoms with Crippen LogP contribution in [0.5, 0.6) is 0 Å². The number of benzene rings is 1. The molecule has 1 aromatic carbocycles. The predicted octanol–water partition coefficient (Wildman–Crippen LogP) is 2.75. The number of carboxylic acid groups (broad SMARTS) is 1. The maximum absolute atomic E-state index is 13.4. The highest BCUT2D eigenvalue weighted by atomic mass is 16.3. The van der Waals surface area contributed by atoms with Crippen molar-refractivity contribution in [2.45, 2.75) is 39.8 Å². The number of carbonyl (C=O) groups excluding carboxylic acids is 1. The molecule has 1 atom stereocenters. The van der Waals surface area contributed by atoms with E-state index < -0.39 is 0 Å². The van der Waals surface area contributed by atoms with Crippen molar-refractivity contribution < 1.29 is 14.7 Å². The van der Waals surface area contributed by atoms with Gasteiger partial charge in [-0.25, -0.2) is 9.67 Å². The van der Waals surface area contributed by atoms with Crippen molar-refractivity contribution >= 4 is 12.4 Å². The summed E-state index contributed by atoms with van der Waals surface area (Å²) in [4.78, 5) is 42.9. The molecule has 3 aromatic rings. The zero-order valence-corrected chi connectivity index (χ0v) is 18.4. The van der Waals surface area contributed by atoms with Gasteiger partial charge in [0.25, 0.3) is 12.4 Å². The lowest BCUT2D eigenvalue weighted by atomic mass is 9.98. The van der Waals surface area contributed by atoms with Gasteiger partial charge in [0.2, 0.25) is 5.56 Å². The second kappa shape index (κ2) is 10.0. The zero-order chi connectivity index (χ0) is 23.3. The topological polar surface area (TPSA) is 121 Å². The van der Waals surface area contributed by atoms with Gasteiger partial charge in [-0.05, 0) is 18.4 Å². The average Bonchev–Trinajstić information content (AvgIpc) is 3.23. The molecule has 168 valence electrons. The van der Waals surface area contributed by atoms with Crippen molar-refractivity contribution in [3.8, 4) is 11.4 Å². The van der Waals surface area contributed by atoms with E-state index in [2.05, 4.69) is 23.9 Å². The number of hydrogen-bond donors (Lipinski definition) is 2. The second-order valence-electron chi connectivity index (χ2n) is 7.74. The Morgan fingerprint density at radius 1 is 1.22 bits per heavy atom. The molecule has 2 aromatic heterocycles. The first-order valence-corrected chi connectivity index (χ1v) is 10.5. The van der Waals surface area contributed by atoms with E-state index in [1.807, 2.05) is 46.8 Å². The molecule has 0 bridgehead atoms. The largest absolute Gasteiger partial charge is 0.483 e. The Hall–Kier alpha value is -3.75. The smallest absolute Gasteiger partial charge is 0.290 e. The van der Waals surface area contributed by atoms with Gasteiger partial charge < -0.3 is 15.0 Å². The molecule has 0 saturated heterocycles. The van der Waals surface area contributed by atoms with Crippen LogP contribution in [0.2, 0.25) is 0 Å². The normalized spacial score (nSPS) is 15.0. The van der Waals surface area contributed by atoms with E-state index in [9.17, 15) is 9.59 Å². The summed E-state index contributed by atoms with van der Waals surface area (Å²) < 4.78 is 1.92. The van der Waals surface area contributed by atoms with Crippen LogP contribution in [0.25, 0.3) is 11.4 Å². The summed E-state index contributed by atoms with van der Waals surface area (Å²) in [7, 11) is 0. The molecule has 1 aliphatic rings. The van der Waals surface area contributed by atoms with Gasteiger partial charge in [-0.15, -0.1) is 0 Å². The first kappa shape index (κ1) is 22.9. The average molecular weight is 438 g/mol. The van der Waals surface area contributed by atoms with E-state index in [1.54, 1.807) is 6.07 Å². The zero-order valence-electron chi connectivity index (χ0n) is 18.4. The van der Waals surface area contributed by atoms with Crippen molar-refractivity contribution in [3.05, 3.63) is 69.9 Å². The summed E-state index contributed by atoms with van der Waals surface area (Å²) >= 11 is 0. The van der Waals surface area contributed by atoms with Crippen LogP contribution in [0.1, 0.15) is 48.7 Å². The van der Waals surface area contributed by atoms with Crippen LogP contribution in [-0.4, -0.2) is 48.7 Å². The fourth-order valence-corrected chi connectivity index (χ4v) is 3.97. The minimum absolute atomic E-state index is 0.0766. The number of aryl methyl sites for hydroxylation is 1. The van der Waals surface area contributed by atoms with Crippen LogP contribution >= 0.6 is 0 Å². The predicted molar refractivity (Wildman–Crippen MR) is 119 cm³/mol.